The zero-order valence-corrected chi connectivity index (χ0v) is 16.0. The summed E-state index contributed by atoms with van der Waals surface area (Å²) in [6.45, 7) is 9.25. The summed E-state index contributed by atoms with van der Waals surface area (Å²) < 4.78 is 8.59. The fraction of sp³-hybridized carbons (Fsp3) is 0.444. The number of morpholine rings is 1. The number of aromatic nitrogens is 2. The van der Waals surface area contributed by atoms with E-state index in [-0.39, 0.29) is 18.1 Å². The molecule has 1 aromatic carbocycles. The molecule has 5 nitrogen and oxygen atoms in total. The number of amides is 1. The first-order valence-electron chi connectivity index (χ1n) is 8.13. The Morgan fingerprint density at radius 1 is 1.17 bits per heavy atom. The molecule has 2 heterocycles. The van der Waals surface area contributed by atoms with Crippen molar-refractivity contribution < 1.29 is 9.53 Å². The van der Waals surface area contributed by atoms with E-state index in [1.807, 2.05) is 61.5 Å². The second kappa shape index (κ2) is 6.69. The summed E-state index contributed by atoms with van der Waals surface area (Å²) in [5.41, 5.74) is 3.63. The third-order valence-electron chi connectivity index (χ3n) is 4.27. The molecule has 2 atom stereocenters. The molecule has 0 saturated carbocycles. The van der Waals surface area contributed by atoms with Gasteiger partial charge >= 0.3 is 0 Å². The van der Waals surface area contributed by atoms with Crippen LogP contribution in [0.1, 0.15) is 35.6 Å². The lowest BCUT2D eigenvalue weighted by Gasteiger charge is -2.35. The Bertz CT molecular complexity index is 744. The van der Waals surface area contributed by atoms with E-state index in [1.54, 1.807) is 0 Å². The van der Waals surface area contributed by atoms with Crippen molar-refractivity contribution >= 4 is 21.8 Å². The van der Waals surface area contributed by atoms with Gasteiger partial charge in [-0.2, -0.15) is 5.10 Å². The van der Waals surface area contributed by atoms with Crippen LogP contribution in [0.2, 0.25) is 0 Å². The average molecular weight is 392 g/mol. The fourth-order valence-electron chi connectivity index (χ4n) is 3.15. The highest BCUT2D eigenvalue weighted by Gasteiger charge is 2.26. The predicted octanol–water partition coefficient (Wildman–Crippen LogP) is 3.50. The lowest BCUT2D eigenvalue weighted by molar-refractivity contribution is -0.0586. The molecule has 0 radical (unpaired) electrons. The van der Waals surface area contributed by atoms with Crippen LogP contribution in [0, 0.1) is 13.8 Å². The molecule has 0 N–H and O–H groups in total. The standard InChI is InChI=1S/C18H22BrN3O2/c1-11-9-21(10-12(2)24-11)18(23)15-5-7-16(8-6-15)22-14(4)17(19)13(3)20-22/h5-8,11-12H,9-10H2,1-4H3. The van der Waals surface area contributed by atoms with Crippen LogP contribution in [-0.2, 0) is 4.74 Å². The van der Waals surface area contributed by atoms with E-state index >= 15 is 0 Å². The normalized spacial score (nSPS) is 21.1. The van der Waals surface area contributed by atoms with Crippen molar-refractivity contribution in [3.8, 4) is 5.69 Å². The highest BCUT2D eigenvalue weighted by atomic mass is 79.9. The second-order valence-electron chi connectivity index (χ2n) is 6.41. The van der Waals surface area contributed by atoms with Crippen LogP contribution in [0.4, 0.5) is 0 Å². The minimum absolute atomic E-state index is 0.0538. The van der Waals surface area contributed by atoms with Gasteiger partial charge in [-0.3, -0.25) is 4.79 Å². The smallest absolute Gasteiger partial charge is 0.254 e. The molecule has 1 aromatic heterocycles. The molecule has 1 saturated heterocycles. The minimum Gasteiger partial charge on any atom is -0.372 e. The molecular formula is C18H22BrN3O2. The monoisotopic (exact) mass is 391 g/mol. The Morgan fingerprint density at radius 3 is 2.25 bits per heavy atom. The molecule has 1 aliphatic rings. The molecule has 2 unspecified atom stereocenters. The summed E-state index contributed by atoms with van der Waals surface area (Å²) in [5.74, 6) is 0.0538. The topological polar surface area (TPSA) is 47.4 Å². The van der Waals surface area contributed by atoms with E-state index in [1.165, 1.54) is 0 Å². The lowest BCUT2D eigenvalue weighted by Crippen LogP contribution is -2.48. The SMILES string of the molecule is Cc1nn(-c2ccc(C(=O)N3CC(C)OC(C)C3)cc2)c(C)c1Br. The van der Waals surface area contributed by atoms with Gasteiger partial charge in [0, 0.05) is 18.7 Å². The van der Waals surface area contributed by atoms with Crippen LogP contribution in [0.3, 0.4) is 0 Å². The third-order valence-corrected chi connectivity index (χ3v) is 5.42. The van der Waals surface area contributed by atoms with Crippen LogP contribution < -0.4 is 0 Å². The zero-order chi connectivity index (χ0) is 17.4. The maximum Gasteiger partial charge on any atom is 0.254 e. The van der Waals surface area contributed by atoms with Crippen LogP contribution in [0.15, 0.2) is 28.7 Å². The number of halogens is 1. The van der Waals surface area contributed by atoms with E-state index in [2.05, 4.69) is 21.0 Å². The summed E-state index contributed by atoms with van der Waals surface area (Å²) in [6, 6.07) is 7.61. The molecule has 1 amide bonds. The molecule has 2 aromatic rings. The van der Waals surface area contributed by atoms with Gasteiger partial charge in [0.1, 0.15) is 0 Å². The predicted molar refractivity (Wildman–Crippen MR) is 96.7 cm³/mol. The molecule has 1 aliphatic heterocycles. The number of nitrogens with zero attached hydrogens (tertiary/aromatic N) is 3. The number of carbonyl (C=O) groups is 1. The van der Waals surface area contributed by atoms with E-state index in [0.29, 0.717) is 18.7 Å². The van der Waals surface area contributed by atoms with Gasteiger partial charge < -0.3 is 9.64 Å². The van der Waals surface area contributed by atoms with E-state index in [0.717, 1.165) is 21.5 Å². The Balaban J connectivity index is 1.81. The molecule has 0 bridgehead atoms. The quantitative estimate of drug-likeness (QED) is 0.786. The number of carbonyl (C=O) groups excluding carboxylic acids is 1. The molecule has 0 aliphatic carbocycles. The molecule has 3 rings (SSSR count). The highest BCUT2D eigenvalue weighted by Crippen LogP contribution is 2.23. The summed E-state index contributed by atoms with van der Waals surface area (Å²) in [5, 5.41) is 4.52. The Morgan fingerprint density at radius 2 is 1.75 bits per heavy atom. The van der Waals surface area contributed by atoms with Crippen molar-refractivity contribution in [2.24, 2.45) is 0 Å². The van der Waals surface area contributed by atoms with Gasteiger partial charge in [0.05, 0.1) is 33.8 Å². The van der Waals surface area contributed by atoms with Gasteiger partial charge in [0.25, 0.3) is 5.91 Å². The highest BCUT2D eigenvalue weighted by molar-refractivity contribution is 9.10. The minimum atomic E-state index is 0.0538. The zero-order valence-electron chi connectivity index (χ0n) is 14.4. The number of ether oxygens (including phenoxy) is 1. The van der Waals surface area contributed by atoms with Gasteiger partial charge in [0.15, 0.2) is 0 Å². The molecule has 1 fully saturated rings. The Labute approximate surface area is 150 Å². The fourth-order valence-corrected chi connectivity index (χ4v) is 3.39. The summed E-state index contributed by atoms with van der Waals surface area (Å²) in [4.78, 5) is 14.6. The van der Waals surface area contributed by atoms with Gasteiger partial charge in [-0.25, -0.2) is 4.68 Å². The van der Waals surface area contributed by atoms with Crippen molar-refractivity contribution in [1.29, 1.82) is 0 Å². The first-order valence-corrected chi connectivity index (χ1v) is 8.93. The summed E-state index contributed by atoms with van der Waals surface area (Å²) >= 11 is 3.54. The first-order chi connectivity index (χ1) is 11.4. The van der Waals surface area contributed by atoms with Crippen LogP contribution in [0.5, 0.6) is 0 Å². The summed E-state index contributed by atoms with van der Waals surface area (Å²) in [6.07, 6.45) is 0.146. The van der Waals surface area contributed by atoms with Crippen molar-refractivity contribution in [2.75, 3.05) is 13.1 Å². The number of hydrogen-bond acceptors (Lipinski definition) is 3. The van der Waals surface area contributed by atoms with Gasteiger partial charge in [-0.15, -0.1) is 0 Å². The van der Waals surface area contributed by atoms with Crippen molar-refractivity contribution in [3.05, 3.63) is 45.7 Å². The molecule has 128 valence electrons. The van der Waals surface area contributed by atoms with E-state index in [4.69, 9.17) is 4.74 Å². The second-order valence-corrected chi connectivity index (χ2v) is 7.20. The molecule has 24 heavy (non-hydrogen) atoms. The molecule has 6 heteroatoms. The van der Waals surface area contributed by atoms with Gasteiger partial charge in [0.2, 0.25) is 0 Å². The number of rotatable bonds is 2. The van der Waals surface area contributed by atoms with Crippen molar-refractivity contribution in [1.82, 2.24) is 14.7 Å². The van der Waals surface area contributed by atoms with Crippen molar-refractivity contribution in [2.45, 2.75) is 39.9 Å². The summed E-state index contributed by atoms with van der Waals surface area (Å²) in [7, 11) is 0. The number of aryl methyl sites for hydroxylation is 1. The maximum absolute atomic E-state index is 12.7. The third kappa shape index (κ3) is 3.26. The van der Waals surface area contributed by atoms with Crippen molar-refractivity contribution in [3.63, 3.8) is 0 Å². The van der Waals surface area contributed by atoms with E-state index in [9.17, 15) is 4.79 Å². The first kappa shape index (κ1) is 17.2. The Kier molecular flexibility index (Phi) is 4.78. The van der Waals surface area contributed by atoms with Gasteiger partial charge in [-0.05, 0) is 67.9 Å². The van der Waals surface area contributed by atoms with Gasteiger partial charge in [-0.1, -0.05) is 0 Å². The average Bonchev–Trinajstić information content (AvgIpc) is 2.81. The van der Waals surface area contributed by atoms with E-state index < -0.39 is 0 Å². The van der Waals surface area contributed by atoms with Crippen LogP contribution in [-0.4, -0.2) is 45.9 Å². The van der Waals surface area contributed by atoms with Crippen LogP contribution >= 0.6 is 15.9 Å². The Hall–Kier alpha value is -1.66. The number of benzene rings is 1. The lowest BCUT2D eigenvalue weighted by atomic mass is 10.1. The van der Waals surface area contributed by atoms with Crippen LogP contribution in [0.25, 0.3) is 5.69 Å². The maximum atomic E-state index is 12.7. The largest absolute Gasteiger partial charge is 0.372 e. The molecular weight excluding hydrogens is 370 g/mol. The molecule has 0 spiro atoms. The number of hydrogen-bond donors (Lipinski definition) is 0.